The first-order valence-electron chi connectivity index (χ1n) is 8.53. The Labute approximate surface area is 157 Å². The summed E-state index contributed by atoms with van der Waals surface area (Å²) in [6.45, 7) is 5.33. The highest BCUT2D eigenvalue weighted by Crippen LogP contribution is 2.25. The van der Waals surface area contributed by atoms with Crippen LogP contribution in [0.2, 0.25) is 5.02 Å². The number of nitrogens with one attached hydrogen (secondary N) is 3. The van der Waals surface area contributed by atoms with Crippen molar-refractivity contribution in [2.75, 3.05) is 18.9 Å². The molecular formula is C18H22ClN5O2. The molecule has 1 aromatic carbocycles. The van der Waals surface area contributed by atoms with Gasteiger partial charge in [-0.05, 0) is 32.0 Å². The molecule has 0 unspecified atom stereocenters. The van der Waals surface area contributed by atoms with Gasteiger partial charge in [0.25, 0.3) is 11.8 Å². The number of hydrogen-bond acceptors (Lipinski definition) is 4. The summed E-state index contributed by atoms with van der Waals surface area (Å²) in [6.07, 6.45) is 0.807. The monoisotopic (exact) mass is 375 g/mol. The van der Waals surface area contributed by atoms with Crippen LogP contribution >= 0.6 is 11.6 Å². The third-order valence-electron chi connectivity index (χ3n) is 4.58. The molecule has 138 valence electrons. The van der Waals surface area contributed by atoms with Crippen LogP contribution in [0.25, 0.3) is 0 Å². The molecule has 26 heavy (non-hydrogen) atoms. The number of anilines is 1. The molecule has 0 spiro atoms. The normalized spacial score (nSPS) is 13.4. The van der Waals surface area contributed by atoms with Gasteiger partial charge in [-0.25, -0.2) is 0 Å². The van der Waals surface area contributed by atoms with E-state index in [2.05, 4.69) is 20.8 Å². The van der Waals surface area contributed by atoms with Crippen LogP contribution in [-0.2, 0) is 13.0 Å². The predicted molar refractivity (Wildman–Crippen MR) is 101 cm³/mol. The molecule has 0 atom stereocenters. The quantitative estimate of drug-likeness (QED) is 0.765. The van der Waals surface area contributed by atoms with E-state index in [0.29, 0.717) is 28.5 Å². The second-order valence-electron chi connectivity index (χ2n) is 6.61. The molecule has 2 heterocycles. The first-order chi connectivity index (χ1) is 12.4. The van der Waals surface area contributed by atoms with Crippen LogP contribution < -0.4 is 10.6 Å². The number of hydrogen-bond donors (Lipinski definition) is 3. The minimum absolute atomic E-state index is 0.0688. The van der Waals surface area contributed by atoms with Crippen molar-refractivity contribution in [3.8, 4) is 0 Å². The largest absolute Gasteiger partial charge is 0.339 e. The number of nitrogens with zero attached hydrogens (tertiary/aromatic N) is 2. The second kappa shape index (κ2) is 7.47. The zero-order chi connectivity index (χ0) is 18.8. The number of amides is 2. The van der Waals surface area contributed by atoms with Gasteiger partial charge >= 0.3 is 0 Å². The summed E-state index contributed by atoms with van der Waals surface area (Å²) in [5.74, 6) is -0.483. The number of rotatable bonds is 4. The SMILES string of the molecule is CC(C)N(C)C(=O)c1ccc(Cl)c(NC(=O)c2n[nH]c3c2CNCC3)c1. The summed E-state index contributed by atoms with van der Waals surface area (Å²) in [4.78, 5) is 26.8. The van der Waals surface area contributed by atoms with Crippen LogP contribution in [0, 0.1) is 0 Å². The van der Waals surface area contributed by atoms with Crippen LogP contribution in [0.4, 0.5) is 5.69 Å². The van der Waals surface area contributed by atoms with Crippen molar-refractivity contribution in [3.05, 3.63) is 45.7 Å². The van der Waals surface area contributed by atoms with Gasteiger partial charge in [-0.2, -0.15) is 5.10 Å². The number of benzene rings is 1. The van der Waals surface area contributed by atoms with Crippen molar-refractivity contribution in [1.82, 2.24) is 20.4 Å². The zero-order valence-corrected chi connectivity index (χ0v) is 15.8. The lowest BCUT2D eigenvalue weighted by Gasteiger charge is -2.22. The van der Waals surface area contributed by atoms with E-state index in [0.717, 1.165) is 24.2 Å². The molecule has 1 aromatic heterocycles. The fourth-order valence-electron chi connectivity index (χ4n) is 2.79. The van der Waals surface area contributed by atoms with Gasteiger partial charge in [-0.3, -0.25) is 14.7 Å². The van der Waals surface area contributed by atoms with Crippen molar-refractivity contribution >= 4 is 29.1 Å². The summed E-state index contributed by atoms with van der Waals surface area (Å²) in [7, 11) is 1.74. The lowest BCUT2D eigenvalue weighted by molar-refractivity contribution is 0.0754. The second-order valence-corrected chi connectivity index (χ2v) is 7.02. The number of carbonyl (C=O) groups excluding carboxylic acids is 2. The van der Waals surface area contributed by atoms with Crippen LogP contribution in [0.3, 0.4) is 0 Å². The summed E-state index contributed by atoms with van der Waals surface area (Å²) >= 11 is 6.21. The Bertz CT molecular complexity index is 846. The molecule has 0 bridgehead atoms. The molecule has 8 heteroatoms. The lowest BCUT2D eigenvalue weighted by Crippen LogP contribution is -2.33. The van der Waals surface area contributed by atoms with E-state index >= 15 is 0 Å². The fourth-order valence-corrected chi connectivity index (χ4v) is 2.95. The van der Waals surface area contributed by atoms with E-state index in [-0.39, 0.29) is 17.9 Å². The number of carbonyl (C=O) groups is 2. The first kappa shape index (κ1) is 18.4. The number of aromatic nitrogens is 2. The topological polar surface area (TPSA) is 90.1 Å². The van der Waals surface area contributed by atoms with Crippen LogP contribution in [0.15, 0.2) is 18.2 Å². The summed E-state index contributed by atoms with van der Waals surface area (Å²) in [5, 5.41) is 13.4. The van der Waals surface area contributed by atoms with Crippen molar-refractivity contribution in [1.29, 1.82) is 0 Å². The van der Waals surface area contributed by atoms with Gasteiger partial charge in [-0.15, -0.1) is 0 Å². The molecule has 0 radical (unpaired) electrons. The highest BCUT2D eigenvalue weighted by molar-refractivity contribution is 6.34. The third-order valence-corrected chi connectivity index (χ3v) is 4.91. The van der Waals surface area contributed by atoms with E-state index in [9.17, 15) is 9.59 Å². The van der Waals surface area contributed by atoms with Gasteiger partial charge in [0.15, 0.2) is 5.69 Å². The van der Waals surface area contributed by atoms with E-state index in [4.69, 9.17) is 11.6 Å². The molecule has 0 saturated carbocycles. The molecule has 3 rings (SSSR count). The van der Waals surface area contributed by atoms with Crippen LogP contribution in [0.1, 0.15) is 46.0 Å². The van der Waals surface area contributed by atoms with Gasteiger partial charge in [0, 0.05) is 49.4 Å². The summed E-state index contributed by atoms with van der Waals surface area (Å²) in [6, 6.07) is 4.93. The highest BCUT2D eigenvalue weighted by Gasteiger charge is 2.23. The van der Waals surface area contributed by atoms with Crippen LogP contribution in [-0.4, -0.2) is 46.5 Å². The van der Waals surface area contributed by atoms with E-state index in [1.165, 1.54) is 0 Å². The summed E-state index contributed by atoms with van der Waals surface area (Å²) < 4.78 is 0. The maximum Gasteiger partial charge on any atom is 0.276 e. The Kier molecular flexibility index (Phi) is 5.29. The van der Waals surface area contributed by atoms with Gasteiger partial charge in [-0.1, -0.05) is 11.6 Å². The maximum atomic E-state index is 12.6. The van der Waals surface area contributed by atoms with Crippen molar-refractivity contribution in [2.24, 2.45) is 0 Å². The minimum atomic E-state index is -0.352. The zero-order valence-electron chi connectivity index (χ0n) is 15.0. The molecule has 2 amide bonds. The third kappa shape index (κ3) is 3.59. The Morgan fingerprint density at radius 3 is 2.85 bits per heavy atom. The van der Waals surface area contributed by atoms with E-state index in [1.54, 1.807) is 30.1 Å². The maximum absolute atomic E-state index is 12.6. The first-order valence-corrected chi connectivity index (χ1v) is 8.91. The Morgan fingerprint density at radius 2 is 2.12 bits per heavy atom. The molecule has 7 nitrogen and oxygen atoms in total. The summed E-state index contributed by atoms with van der Waals surface area (Å²) in [5.41, 5.74) is 3.05. The number of aromatic amines is 1. The minimum Gasteiger partial charge on any atom is -0.339 e. The lowest BCUT2D eigenvalue weighted by atomic mass is 10.1. The predicted octanol–water partition coefficient (Wildman–Crippen LogP) is 2.44. The molecule has 1 aliphatic heterocycles. The van der Waals surface area contributed by atoms with E-state index in [1.807, 2.05) is 13.8 Å². The van der Waals surface area contributed by atoms with Gasteiger partial charge < -0.3 is 15.5 Å². The van der Waals surface area contributed by atoms with Gasteiger partial charge in [0.05, 0.1) is 10.7 Å². The molecular weight excluding hydrogens is 354 g/mol. The highest BCUT2D eigenvalue weighted by atomic mass is 35.5. The Morgan fingerprint density at radius 1 is 1.35 bits per heavy atom. The number of H-pyrrole nitrogens is 1. The van der Waals surface area contributed by atoms with E-state index < -0.39 is 0 Å². The van der Waals surface area contributed by atoms with Crippen molar-refractivity contribution in [2.45, 2.75) is 32.9 Å². The molecule has 1 aliphatic rings. The molecule has 0 aliphatic carbocycles. The smallest absolute Gasteiger partial charge is 0.276 e. The standard InChI is InChI=1S/C18H22ClN5O2/c1-10(2)24(3)18(26)11-4-5-13(19)15(8-11)21-17(25)16-12-9-20-7-6-14(12)22-23-16/h4-5,8,10,20H,6-7,9H2,1-3H3,(H,21,25)(H,22,23). The Hall–Kier alpha value is -2.38. The van der Waals surface area contributed by atoms with Gasteiger partial charge in [0.1, 0.15) is 0 Å². The molecule has 0 fully saturated rings. The van der Waals surface area contributed by atoms with Crippen LogP contribution in [0.5, 0.6) is 0 Å². The Balaban J connectivity index is 1.83. The number of fused-ring (bicyclic) bond motifs is 1. The average molecular weight is 376 g/mol. The molecule has 2 aromatic rings. The van der Waals surface area contributed by atoms with Gasteiger partial charge in [0.2, 0.25) is 0 Å². The molecule has 0 saturated heterocycles. The number of halogens is 1. The van der Waals surface area contributed by atoms with Crippen molar-refractivity contribution < 1.29 is 9.59 Å². The average Bonchev–Trinajstić information content (AvgIpc) is 3.06. The molecule has 3 N–H and O–H groups in total. The fraction of sp³-hybridized carbons (Fsp3) is 0.389. The van der Waals surface area contributed by atoms with Crippen molar-refractivity contribution in [3.63, 3.8) is 0 Å².